The first-order chi connectivity index (χ1) is 13.6. The number of primary amides is 1. The van der Waals surface area contributed by atoms with E-state index in [0.29, 0.717) is 11.3 Å². The molecule has 2 aromatic carbocycles. The Balaban J connectivity index is 2.14. The topological polar surface area (TPSA) is 119 Å². The summed E-state index contributed by atoms with van der Waals surface area (Å²) in [5.41, 5.74) is 7.18. The van der Waals surface area contributed by atoms with E-state index in [1.54, 1.807) is 12.1 Å². The van der Waals surface area contributed by atoms with Gasteiger partial charge in [0, 0.05) is 5.56 Å². The van der Waals surface area contributed by atoms with Crippen LogP contribution in [-0.2, 0) is 15.0 Å². The number of ether oxygens (including phenoxy) is 1. The molecule has 4 N–H and O–H groups in total. The number of hydrogen-bond donors (Lipinski definition) is 3. The summed E-state index contributed by atoms with van der Waals surface area (Å²) in [5, 5.41) is 12.0. The number of carboxylic acids is 1. The first-order valence-electron chi connectivity index (χ1n) is 9.20. The van der Waals surface area contributed by atoms with Gasteiger partial charge in [-0.05, 0) is 40.8 Å². The Hall–Kier alpha value is -3.35. The van der Waals surface area contributed by atoms with E-state index in [-0.39, 0.29) is 18.4 Å². The van der Waals surface area contributed by atoms with Crippen LogP contribution < -0.4 is 15.8 Å². The van der Waals surface area contributed by atoms with Gasteiger partial charge >= 0.3 is 5.97 Å². The van der Waals surface area contributed by atoms with Gasteiger partial charge in [-0.15, -0.1) is 0 Å². The Morgan fingerprint density at radius 3 is 2.10 bits per heavy atom. The maximum atomic E-state index is 12.6. The lowest BCUT2D eigenvalue weighted by molar-refractivity contribution is -0.137. The summed E-state index contributed by atoms with van der Waals surface area (Å²) >= 11 is 0. The molecule has 7 nitrogen and oxygen atoms in total. The highest BCUT2D eigenvalue weighted by Crippen LogP contribution is 2.25. The van der Waals surface area contributed by atoms with Gasteiger partial charge in [0.2, 0.25) is 0 Å². The quantitative estimate of drug-likeness (QED) is 0.632. The van der Waals surface area contributed by atoms with Gasteiger partial charge in [0.15, 0.2) is 6.61 Å². The first kappa shape index (κ1) is 21.9. The molecule has 1 atom stereocenters. The second kappa shape index (κ2) is 9.23. The van der Waals surface area contributed by atoms with Crippen molar-refractivity contribution in [2.75, 3.05) is 6.61 Å². The van der Waals surface area contributed by atoms with Gasteiger partial charge in [-0.25, -0.2) is 0 Å². The average Bonchev–Trinajstić information content (AvgIpc) is 2.65. The van der Waals surface area contributed by atoms with E-state index in [4.69, 9.17) is 10.5 Å². The molecule has 2 amide bonds. The molecule has 0 aliphatic rings. The highest BCUT2D eigenvalue weighted by Gasteiger charge is 2.20. The number of carbonyl (C=O) groups is 3. The zero-order chi connectivity index (χ0) is 21.6. The van der Waals surface area contributed by atoms with Gasteiger partial charge < -0.3 is 20.9 Å². The largest absolute Gasteiger partial charge is 0.484 e. The molecular formula is C22H26N2O5. The van der Waals surface area contributed by atoms with Crippen LogP contribution in [-0.4, -0.2) is 29.5 Å². The third-order valence-electron chi connectivity index (χ3n) is 4.36. The smallest absolute Gasteiger partial charge is 0.305 e. The van der Waals surface area contributed by atoms with E-state index in [9.17, 15) is 19.5 Å². The minimum Gasteiger partial charge on any atom is -0.484 e. The highest BCUT2D eigenvalue weighted by atomic mass is 16.5. The van der Waals surface area contributed by atoms with E-state index in [1.165, 1.54) is 12.1 Å². The van der Waals surface area contributed by atoms with E-state index in [1.807, 2.05) is 24.3 Å². The summed E-state index contributed by atoms with van der Waals surface area (Å²) in [6.45, 7) is 6.02. The Labute approximate surface area is 169 Å². The van der Waals surface area contributed by atoms with Crippen molar-refractivity contribution >= 4 is 17.8 Å². The van der Waals surface area contributed by atoms with E-state index in [0.717, 1.165) is 11.1 Å². The molecule has 0 saturated heterocycles. The number of amides is 2. The lowest BCUT2D eigenvalue weighted by atomic mass is 9.86. The van der Waals surface area contributed by atoms with Crippen molar-refractivity contribution in [1.82, 2.24) is 5.32 Å². The summed E-state index contributed by atoms with van der Waals surface area (Å²) in [4.78, 5) is 34.6. The number of carboxylic acid groups (broad SMARTS) is 1. The number of carbonyl (C=O) groups excluding carboxylic acids is 2. The zero-order valence-electron chi connectivity index (χ0n) is 16.8. The summed E-state index contributed by atoms with van der Waals surface area (Å²) in [7, 11) is 0. The zero-order valence-corrected chi connectivity index (χ0v) is 16.8. The second-order valence-electron chi connectivity index (χ2n) is 7.78. The molecule has 0 radical (unpaired) electrons. The molecule has 2 rings (SSSR count). The molecule has 1 unspecified atom stereocenters. The van der Waals surface area contributed by atoms with Crippen molar-refractivity contribution < 1.29 is 24.2 Å². The summed E-state index contributed by atoms with van der Waals surface area (Å²) in [5.74, 6) is -1.61. The summed E-state index contributed by atoms with van der Waals surface area (Å²) < 4.78 is 5.16. The molecule has 154 valence electrons. The molecule has 0 saturated carbocycles. The van der Waals surface area contributed by atoms with Crippen molar-refractivity contribution in [3.05, 3.63) is 65.2 Å². The third kappa shape index (κ3) is 6.64. The van der Waals surface area contributed by atoms with Crippen LogP contribution >= 0.6 is 0 Å². The minimum atomic E-state index is -1.01. The van der Waals surface area contributed by atoms with Gasteiger partial charge in [0.05, 0.1) is 12.5 Å². The van der Waals surface area contributed by atoms with Crippen LogP contribution in [0.3, 0.4) is 0 Å². The van der Waals surface area contributed by atoms with Gasteiger partial charge in [-0.1, -0.05) is 45.0 Å². The van der Waals surface area contributed by atoms with Crippen LogP contribution in [0.25, 0.3) is 0 Å². The fraction of sp³-hybridized carbons (Fsp3) is 0.318. The minimum absolute atomic E-state index is 0.0254. The maximum absolute atomic E-state index is 12.6. The fourth-order valence-corrected chi connectivity index (χ4v) is 2.74. The molecule has 0 fully saturated rings. The van der Waals surface area contributed by atoms with E-state index >= 15 is 0 Å². The van der Waals surface area contributed by atoms with Crippen LogP contribution in [0.1, 0.15) is 54.7 Å². The lowest BCUT2D eigenvalue weighted by Gasteiger charge is -2.22. The molecule has 0 aliphatic heterocycles. The van der Waals surface area contributed by atoms with Crippen LogP contribution in [0, 0.1) is 0 Å². The van der Waals surface area contributed by atoms with E-state index < -0.39 is 23.8 Å². The van der Waals surface area contributed by atoms with Gasteiger partial charge in [-0.2, -0.15) is 0 Å². The molecule has 29 heavy (non-hydrogen) atoms. The predicted molar refractivity (Wildman–Crippen MR) is 109 cm³/mol. The molecule has 0 spiro atoms. The average molecular weight is 398 g/mol. The second-order valence-corrected chi connectivity index (χ2v) is 7.78. The monoisotopic (exact) mass is 398 g/mol. The predicted octanol–water partition coefficient (Wildman–Crippen LogP) is 2.79. The maximum Gasteiger partial charge on any atom is 0.305 e. The molecule has 2 aromatic rings. The van der Waals surface area contributed by atoms with Crippen LogP contribution in [0.4, 0.5) is 0 Å². The van der Waals surface area contributed by atoms with Crippen molar-refractivity contribution in [3.8, 4) is 5.75 Å². The van der Waals surface area contributed by atoms with Crippen LogP contribution in [0.15, 0.2) is 48.5 Å². The molecule has 0 bridgehead atoms. The molecule has 0 aromatic heterocycles. The molecule has 0 aliphatic carbocycles. The number of benzene rings is 2. The van der Waals surface area contributed by atoms with Crippen LogP contribution in [0.2, 0.25) is 0 Å². The summed E-state index contributed by atoms with van der Waals surface area (Å²) in [6.07, 6.45) is -0.236. The molecule has 7 heteroatoms. The van der Waals surface area contributed by atoms with Gasteiger partial charge in [0.25, 0.3) is 11.8 Å². The molecule has 0 heterocycles. The lowest BCUT2D eigenvalue weighted by Crippen LogP contribution is -2.30. The van der Waals surface area contributed by atoms with Gasteiger partial charge in [0.1, 0.15) is 5.75 Å². The van der Waals surface area contributed by atoms with Crippen molar-refractivity contribution in [2.45, 2.75) is 38.6 Å². The number of nitrogens with two attached hydrogens (primary N) is 1. The van der Waals surface area contributed by atoms with Crippen LogP contribution in [0.5, 0.6) is 5.75 Å². The SMILES string of the molecule is CC(C)(C)c1ccc(C(CC(=O)O)NC(=O)c2ccc(OCC(N)=O)cc2)cc1. The van der Waals surface area contributed by atoms with Crippen molar-refractivity contribution in [3.63, 3.8) is 0 Å². The highest BCUT2D eigenvalue weighted by molar-refractivity contribution is 5.94. The Morgan fingerprint density at radius 2 is 1.62 bits per heavy atom. The summed E-state index contributed by atoms with van der Waals surface area (Å²) in [6, 6.07) is 13.1. The Kier molecular flexibility index (Phi) is 6.98. The third-order valence-corrected chi connectivity index (χ3v) is 4.36. The van der Waals surface area contributed by atoms with E-state index in [2.05, 4.69) is 26.1 Å². The standard InChI is InChI=1S/C22H26N2O5/c1-22(2,3)16-8-4-14(5-9-16)18(12-20(26)27)24-21(28)15-6-10-17(11-7-15)29-13-19(23)25/h4-11,18H,12-13H2,1-3H3,(H2,23,25)(H,24,28)(H,26,27). The Bertz CT molecular complexity index is 868. The normalized spacial score (nSPS) is 12.1. The number of nitrogens with one attached hydrogen (secondary N) is 1. The number of hydrogen-bond acceptors (Lipinski definition) is 4. The fourth-order valence-electron chi connectivity index (χ4n) is 2.74. The van der Waals surface area contributed by atoms with Crippen molar-refractivity contribution in [1.29, 1.82) is 0 Å². The number of rotatable bonds is 8. The molecular weight excluding hydrogens is 372 g/mol. The van der Waals surface area contributed by atoms with Gasteiger partial charge in [-0.3, -0.25) is 14.4 Å². The number of aliphatic carboxylic acids is 1. The Morgan fingerprint density at radius 1 is 1.03 bits per heavy atom. The first-order valence-corrected chi connectivity index (χ1v) is 9.20. The van der Waals surface area contributed by atoms with Crippen molar-refractivity contribution in [2.24, 2.45) is 5.73 Å².